The molecule has 1 aromatic heterocycles. The molecule has 1 N–H and O–H groups in total. The molecule has 7 heteroatoms. The Kier molecular flexibility index (Phi) is 4.40. The van der Waals surface area contributed by atoms with E-state index in [0.29, 0.717) is 0 Å². The lowest BCUT2D eigenvalue weighted by Gasteiger charge is -2.06. The zero-order chi connectivity index (χ0) is 17.2. The zero-order valence-corrected chi connectivity index (χ0v) is 11.8. The number of rotatable bonds is 3. The van der Waals surface area contributed by atoms with Gasteiger partial charge in [0.2, 0.25) is 0 Å². The number of halogens is 3. The molecule has 0 aliphatic rings. The van der Waals surface area contributed by atoms with Crippen LogP contribution in [0.5, 0.6) is 5.75 Å². The van der Waals surface area contributed by atoms with Gasteiger partial charge in [0.15, 0.2) is 5.78 Å². The van der Waals surface area contributed by atoms with Crippen LogP contribution in [-0.2, 0) is 6.18 Å². The van der Waals surface area contributed by atoms with Gasteiger partial charge >= 0.3 is 11.8 Å². The number of ketones is 1. The van der Waals surface area contributed by atoms with Crippen molar-refractivity contribution in [2.75, 3.05) is 0 Å². The third kappa shape index (κ3) is 3.88. The Bertz CT molecular complexity index is 832. The molecule has 0 amide bonds. The van der Waals surface area contributed by atoms with Crippen LogP contribution in [-0.4, -0.2) is 10.9 Å². The maximum atomic E-state index is 12.6. The first-order valence-electron chi connectivity index (χ1n) is 6.42. The van der Waals surface area contributed by atoms with Crippen molar-refractivity contribution in [2.24, 2.45) is 0 Å². The molecule has 0 atom stereocenters. The molecule has 0 aliphatic carbocycles. The fourth-order valence-electron chi connectivity index (χ4n) is 1.90. The summed E-state index contributed by atoms with van der Waals surface area (Å²) in [6.07, 6.45) is -2.47. The number of aromatic hydroxyl groups is 1. The van der Waals surface area contributed by atoms with Crippen LogP contribution in [0.1, 0.15) is 27.2 Å². The first kappa shape index (κ1) is 16.5. The predicted octanol–water partition coefficient (Wildman–Crippen LogP) is 3.57. The highest BCUT2D eigenvalue weighted by molar-refractivity contribution is 6.08. The number of allylic oxidation sites excluding steroid dienone is 1. The minimum absolute atomic E-state index is 0.129. The summed E-state index contributed by atoms with van der Waals surface area (Å²) in [5.41, 5.74) is -2.31. The maximum Gasteiger partial charge on any atom is 0.416 e. The lowest BCUT2D eigenvalue weighted by atomic mass is 10.1. The van der Waals surface area contributed by atoms with Crippen LogP contribution in [0.25, 0.3) is 6.08 Å². The average Bonchev–Trinajstić information content (AvgIpc) is 2.43. The van der Waals surface area contributed by atoms with Crippen LogP contribution in [0.4, 0.5) is 13.2 Å². The van der Waals surface area contributed by atoms with E-state index in [1.807, 2.05) is 0 Å². The van der Waals surface area contributed by atoms with E-state index >= 15 is 0 Å². The lowest BCUT2D eigenvalue weighted by Crippen LogP contribution is -2.13. The van der Waals surface area contributed by atoms with Crippen LogP contribution in [0.15, 0.2) is 45.6 Å². The van der Waals surface area contributed by atoms with Gasteiger partial charge in [0.05, 0.1) is 5.56 Å². The molecular formula is C16H11F3O4. The van der Waals surface area contributed by atoms with Crippen LogP contribution < -0.4 is 5.63 Å². The third-order valence-corrected chi connectivity index (χ3v) is 2.94. The minimum Gasteiger partial charge on any atom is -0.507 e. The van der Waals surface area contributed by atoms with E-state index in [4.69, 9.17) is 4.42 Å². The maximum absolute atomic E-state index is 12.6. The van der Waals surface area contributed by atoms with Crippen LogP contribution in [0, 0.1) is 6.92 Å². The van der Waals surface area contributed by atoms with Gasteiger partial charge in [0.1, 0.15) is 17.1 Å². The van der Waals surface area contributed by atoms with E-state index in [2.05, 4.69) is 0 Å². The number of benzene rings is 1. The van der Waals surface area contributed by atoms with Gasteiger partial charge in [-0.2, -0.15) is 13.2 Å². The molecule has 0 saturated heterocycles. The van der Waals surface area contributed by atoms with Gasteiger partial charge in [0, 0.05) is 6.07 Å². The highest BCUT2D eigenvalue weighted by Gasteiger charge is 2.30. The molecule has 0 unspecified atom stereocenters. The smallest absolute Gasteiger partial charge is 0.416 e. The molecule has 1 aromatic carbocycles. The monoisotopic (exact) mass is 324 g/mol. The van der Waals surface area contributed by atoms with Gasteiger partial charge in [-0.15, -0.1) is 0 Å². The van der Waals surface area contributed by atoms with Crippen molar-refractivity contribution >= 4 is 11.9 Å². The van der Waals surface area contributed by atoms with Crippen molar-refractivity contribution < 1.29 is 27.5 Å². The molecule has 2 aromatic rings. The second-order valence-corrected chi connectivity index (χ2v) is 4.73. The molecule has 0 saturated carbocycles. The molecular weight excluding hydrogens is 313 g/mol. The Balaban J connectivity index is 2.31. The molecule has 4 nitrogen and oxygen atoms in total. The fourth-order valence-corrected chi connectivity index (χ4v) is 1.90. The summed E-state index contributed by atoms with van der Waals surface area (Å²) < 4.78 is 42.5. The Hall–Kier alpha value is -2.83. The largest absolute Gasteiger partial charge is 0.507 e. The van der Waals surface area contributed by atoms with Crippen molar-refractivity contribution in [2.45, 2.75) is 13.1 Å². The predicted molar refractivity (Wildman–Crippen MR) is 76.2 cm³/mol. The van der Waals surface area contributed by atoms with Gasteiger partial charge in [-0.1, -0.05) is 18.2 Å². The molecule has 0 fully saturated rings. The summed E-state index contributed by atoms with van der Waals surface area (Å²) in [5.74, 6) is -1.28. The molecule has 1 heterocycles. The van der Waals surface area contributed by atoms with Gasteiger partial charge in [-0.05, 0) is 30.7 Å². The van der Waals surface area contributed by atoms with Gasteiger partial charge in [0.25, 0.3) is 0 Å². The summed E-state index contributed by atoms with van der Waals surface area (Å²) in [6.45, 7) is 1.42. The van der Waals surface area contributed by atoms with Gasteiger partial charge < -0.3 is 9.52 Å². The lowest BCUT2D eigenvalue weighted by molar-refractivity contribution is -0.137. The molecule has 2 rings (SSSR count). The van der Waals surface area contributed by atoms with Gasteiger partial charge in [-0.3, -0.25) is 4.79 Å². The van der Waals surface area contributed by atoms with E-state index in [1.165, 1.54) is 19.1 Å². The molecule has 0 radical (unpaired) electrons. The fraction of sp³-hybridized carbons (Fsp3) is 0.125. The molecule has 0 bridgehead atoms. The summed E-state index contributed by atoms with van der Waals surface area (Å²) >= 11 is 0. The van der Waals surface area contributed by atoms with Crippen LogP contribution >= 0.6 is 0 Å². The highest BCUT2D eigenvalue weighted by atomic mass is 19.4. The average molecular weight is 324 g/mol. The first-order valence-corrected chi connectivity index (χ1v) is 6.42. The second kappa shape index (κ2) is 6.12. The van der Waals surface area contributed by atoms with E-state index in [-0.39, 0.29) is 11.3 Å². The van der Waals surface area contributed by atoms with E-state index in [0.717, 1.165) is 30.4 Å². The Morgan fingerprint density at radius 1 is 1.26 bits per heavy atom. The highest BCUT2D eigenvalue weighted by Crippen LogP contribution is 2.29. The van der Waals surface area contributed by atoms with Crippen LogP contribution in [0.2, 0.25) is 0 Å². The van der Waals surface area contributed by atoms with E-state index in [9.17, 15) is 27.9 Å². The summed E-state index contributed by atoms with van der Waals surface area (Å²) in [6, 6.07) is 5.44. The number of hydrogen-bond acceptors (Lipinski definition) is 4. The van der Waals surface area contributed by atoms with Crippen molar-refractivity contribution in [1.82, 2.24) is 0 Å². The van der Waals surface area contributed by atoms with Crippen LogP contribution in [0.3, 0.4) is 0 Å². The van der Waals surface area contributed by atoms with Gasteiger partial charge in [-0.25, -0.2) is 4.79 Å². The van der Waals surface area contributed by atoms with E-state index < -0.39 is 34.5 Å². The summed E-state index contributed by atoms with van der Waals surface area (Å²) in [7, 11) is 0. The second-order valence-electron chi connectivity index (χ2n) is 4.73. The molecule has 23 heavy (non-hydrogen) atoms. The Morgan fingerprint density at radius 2 is 1.96 bits per heavy atom. The molecule has 120 valence electrons. The van der Waals surface area contributed by atoms with Crippen molar-refractivity contribution in [3.05, 3.63) is 69.3 Å². The SMILES string of the molecule is Cc1cc(O)c(C(=O)C=Cc2cccc(C(F)(F)F)c2)c(=O)o1. The quantitative estimate of drug-likeness (QED) is 0.692. The minimum atomic E-state index is -4.50. The normalized spacial score (nSPS) is 11.8. The summed E-state index contributed by atoms with van der Waals surface area (Å²) in [5, 5.41) is 9.63. The third-order valence-electron chi connectivity index (χ3n) is 2.94. The topological polar surface area (TPSA) is 67.5 Å². The van der Waals surface area contributed by atoms with Crippen molar-refractivity contribution in [3.8, 4) is 5.75 Å². The number of aryl methyl sites for hydroxylation is 1. The Morgan fingerprint density at radius 3 is 2.57 bits per heavy atom. The number of carbonyl (C=O) groups is 1. The van der Waals surface area contributed by atoms with Crippen molar-refractivity contribution in [3.63, 3.8) is 0 Å². The number of alkyl halides is 3. The molecule has 0 spiro atoms. The summed E-state index contributed by atoms with van der Waals surface area (Å²) in [4.78, 5) is 23.5. The zero-order valence-electron chi connectivity index (χ0n) is 11.8. The van der Waals surface area contributed by atoms with Crippen molar-refractivity contribution in [1.29, 1.82) is 0 Å². The van der Waals surface area contributed by atoms with E-state index in [1.54, 1.807) is 0 Å². The molecule has 0 aliphatic heterocycles. The number of hydrogen-bond donors (Lipinski definition) is 1. The Labute approximate surface area is 128 Å². The standard InChI is InChI=1S/C16H11F3O4/c1-9-7-13(21)14(15(22)23-9)12(20)6-5-10-3-2-4-11(8-10)16(17,18)19/h2-8,21H,1H3. The number of carbonyl (C=O) groups excluding carboxylic acids is 1. The first-order chi connectivity index (χ1) is 10.7.